The van der Waals surface area contributed by atoms with E-state index in [0.717, 1.165) is 27.2 Å². The molecule has 0 saturated carbocycles. The number of halogens is 1. The summed E-state index contributed by atoms with van der Waals surface area (Å²) in [7, 11) is -3.90. The van der Waals surface area contributed by atoms with Crippen LogP contribution in [0.15, 0.2) is 52.9 Å². The number of hydrogen-bond donors (Lipinski definition) is 1. The van der Waals surface area contributed by atoms with Crippen molar-refractivity contribution in [2.75, 3.05) is 44.2 Å². The van der Waals surface area contributed by atoms with Crippen molar-refractivity contribution < 1.29 is 18.0 Å². The highest BCUT2D eigenvalue weighted by Crippen LogP contribution is 2.31. The summed E-state index contributed by atoms with van der Waals surface area (Å²) in [5.41, 5.74) is 0. The first kappa shape index (κ1) is 24.9. The van der Waals surface area contributed by atoms with E-state index in [-0.39, 0.29) is 22.6 Å². The van der Waals surface area contributed by atoms with E-state index in [1.807, 2.05) is 18.2 Å². The second-order valence-corrected chi connectivity index (χ2v) is 12.3. The van der Waals surface area contributed by atoms with Crippen LogP contribution in [-0.2, 0) is 19.6 Å². The molecule has 0 radical (unpaired) electrons. The fourth-order valence-electron chi connectivity index (χ4n) is 4.55. The highest BCUT2D eigenvalue weighted by molar-refractivity contribution is 7.91. The van der Waals surface area contributed by atoms with E-state index >= 15 is 0 Å². The molecule has 1 atom stereocenters. The van der Waals surface area contributed by atoms with Gasteiger partial charge in [0.05, 0.1) is 6.54 Å². The molecule has 2 amide bonds. The predicted molar refractivity (Wildman–Crippen MR) is 140 cm³/mol. The van der Waals surface area contributed by atoms with Crippen molar-refractivity contribution in [2.24, 2.45) is 0 Å². The second-order valence-electron chi connectivity index (χ2n) is 8.88. The number of nitrogens with one attached hydrogen (secondary N) is 1. The number of hydrogen-bond acceptors (Lipinski definition) is 7. The number of piperidine rings is 1. The van der Waals surface area contributed by atoms with Crippen molar-refractivity contribution in [3.63, 3.8) is 0 Å². The number of piperazine rings is 1. The van der Waals surface area contributed by atoms with Gasteiger partial charge in [0.15, 0.2) is 0 Å². The van der Waals surface area contributed by atoms with Gasteiger partial charge in [0.25, 0.3) is 10.0 Å². The largest absolute Gasteiger partial charge is 0.353 e. The van der Waals surface area contributed by atoms with Crippen molar-refractivity contribution in [3.05, 3.63) is 53.7 Å². The van der Waals surface area contributed by atoms with Crippen LogP contribution >= 0.6 is 22.9 Å². The Morgan fingerprint density at radius 1 is 1.11 bits per heavy atom. The molecule has 190 valence electrons. The van der Waals surface area contributed by atoms with Crippen molar-refractivity contribution in [1.82, 2.24) is 19.5 Å². The summed E-state index contributed by atoms with van der Waals surface area (Å²) in [6, 6.07) is 11.6. The summed E-state index contributed by atoms with van der Waals surface area (Å²) in [5.74, 6) is 0.385. The van der Waals surface area contributed by atoms with Gasteiger partial charge < -0.3 is 14.7 Å². The van der Waals surface area contributed by atoms with Crippen LogP contribution in [-0.4, -0.2) is 80.3 Å². The summed E-state index contributed by atoms with van der Waals surface area (Å²) < 4.78 is 29.5. The molecule has 0 bridgehead atoms. The van der Waals surface area contributed by atoms with Crippen molar-refractivity contribution in [3.8, 4) is 0 Å². The highest BCUT2D eigenvalue weighted by atomic mass is 35.5. The van der Waals surface area contributed by atoms with Gasteiger partial charge in [0.1, 0.15) is 16.1 Å². The number of likely N-dealkylation sites (tertiary alicyclic amines) is 1. The van der Waals surface area contributed by atoms with E-state index in [0.29, 0.717) is 50.6 Å². The predicted octanol–water partition coefficient (Wildman–Crippen LogP) is 2.57. The lowest BCUT2D eigenvalue weighted by Gasteiger charge is -2.37. The van der Waals surface area contributed by atoms with E-state index in [4.69, 9.17) is 11.6 Å². The van der Waals surface area contributed by atoms with Crippen LogP contribution in [0.1, 0.15) is 12.8 Å². The van der Waals surface area contributed by atoms with Gasteiger partial charge in [0.2, 0.25) is 11.8 Å². The number of nitrogens with zero attached hydrogens (tertiary/aromatic N) is 4. The number of benzene rings is 1. The Morgan fingerprint density at radius 2 is 1.92 bits per heavy atom. The van der Waals surface area contributed by atoms with E-state index in [9.17, 15) is 18.0 Å². The molecular weight excluding hydrogens is 522 g/mol. The summed E-state index contributed by atoms with van der Waals surface area (Å²) in [6.07, 6.45) is 2.75. The zero-order valence-electron chi connectivity index (χ0n) is 19.5. The maximum Gasteiger partial charge on any atom is 0.250 e. The number of thiophene rings is 1. The summed E-state index contributed by atoms with van der Waals surface area (Å²) in [6.45, 7) is 2.80. The van der Waals surface area contributed by atoms with Crippen LogP contribution in [0.2, 0.25) is 5.02 Å². The van der Waals surface area contributed by atoms with Gasteiger partial charge in [-0.25, -0.2) is 13.4 Å². The fraction of sp³-hybridized carbons (Fsp3) is 0.375. The molecule has 2 fully saturated rings. The number of aromatic nitrogens is 1. The van der Waals surface area contributed by atoms with E-state index in [1.165, 1.54) is 4.90 Å². The van der Waals surface area contributed by atoms with Gasteiger partial charge in [-0.05, 0) is 48.6 Å². The van der Waals surface area contributed by atoms with Gasteiger partial charge in [-0.1, -0.05) is 23.7 Å². The first-order chi connectivity index (χ1) is 17.3. The van der Waals surface area contributed by atoms with E-state index in [1.54, 1.807) is 35.4 Å². The Morgan fingerprint density at radius 3 is 2.67 bits per heavy atom. The third-order valence-corrected chi connectivity index (χ3v) is 9.76. The van der Waals surface area contributed by atoms with Gasteiger partial charge in [-0.15, -0.1) is 11.3 Å². The Labute approximate surface area is 218 Å². The number of amides is 2. The van der Waals surface area contributed by atoms with Crippen LogP contribution in [0.5, 0.6) is 0 Å². The van der Waals surface area contributed by atoms with Crippen LogP contribution < -0.4 is 9.62 Å². The fourth-order valence-corrected chi connectivity index (χ4v) is 7.47. The molecule has 0 spiro atoms. The highest BCUT2D eigenvalue weighted by Gasteiger charge is 2.35. The molecule has 2 aromatic heterocycles. The first-order valence-corrected chi connectivity index (χ1v) is 14.4. The molecular formula is C24H26ClN5O4S2. The number of carbonyl (C=O) groups excluding carboxylic acids is 2. The van der Waals surface area contributed by atoms with Gasteiger partial charge in [-0.3, -0.25) is 9.59 Å². The number of carbonyl (C=O) groups is 2. The molecule has 0 unspecified atom stereocenters. The van der Waals surface area contributed by atoms with Crippen molar-refractivity contribution >= 4 is 60.7 Å². The van der Waals surface area contributed by atoms with Crippen LogP contribution in [0.3, 0.4) is 0 Å². The van der Waals surface area contributed by atoms with E-state index in [2.05, 4.69) is 14.6 Å². The molecule has 2 aliphatic rings. The smallest absolute Gasteiger partial charge is 0.250 e. The SMILES string of the molecule is O=C(CN1CCC[C@H](NS(=O)(=O)c2cc3ccc(Cl)cc3s2)C1=O)N1CCN(c2ccccn2)CC1. The minimum Gasteiger partial charge on any atom is -0.353 e. The average molecular weight is 548 g/mol. The van der Waals surface area contributed by atoms with Gasteiger partial charge in [0, 0.05) is 48.6 Å². The minimum absolute atomic E-state index is 0.0535. The summed E-state index contributed by atoms with van der Waals surface area (Å²) in [5, 5.41) is 1.30. The molecule has 3 aromatic rings. The Bertz CT molecular complexity index is 1370. The van der Waals surface area contributed by atoms with Crippen molar-refractivity contribution in [2.45, 2.75) is 23.1 Å². The summed E-state index contributed by atoms with van der Waals surface area (Å²) >= 11 is 7.13. The maximum absolute atomic E-state index is 13.1. The van der Waals surface area contributed by atoms with Crippen LogP contribution in [0, 0.1) is 0 Å². The van der Waals surface area contributed by atoms with Gasteiger partial charge >= 0.3 is 0 Å². The first-order valence-electron chi connectivity index (χ1n) is 11.7. The summed E-state index contributed by atoms with van der Waals surface area (Å²) in [4.78, 5) is 35.8. The lowest BCUT2D eigenvalue weighted by molar-refractivity contribution is -0.143. The minimum atomic E-state index is -3.90. The average Bonchev–Trinajstić information content (AvgIpc) is 3.31. The standard InChI is InChI=1S/C24H26ClN5O4S2/c25-18-7-6-17-14-23(35-20(17)15-18)36(33,34)27-19-4-3-9-30(24(19)32)16-22(31)29-12-10-28(11-13-29)21-5-1-2-8-26-21/h1-2,5-8,14-15,19,27H,3-4,9-13,16H2/t19-/m0/s1. The monoisotopic (exact) mass is 547 g/mol. The van der Waals surface area contributed by atoms with Gasteiger partial charge in [-0.2, -0.15) is 4.72 Å². The van der Waals surface area contributed by atoms with Crippen LogP contribution in [0.25, 0.3) is 10.1 Å². The molecule has 1 N–H and O–H groups in total. The molecule has 2 saturated heterocycles. The molecule has 5 rings (SSSR count). The molecule has 4 heterocycles. The Balaban J connectivity index is 1.19. The maximum atomic E-state index is 13.1. The third-order valence-electron chi connectivity index (χ3n) is 6.48. The second kappa shape index (κ2) is 10.3. The molecule has 2 aliphatic heterocycles. The lowest BCUT2D eigenvalue weighted by Crippen LogP contribution is -2.56. The molecule has 1 aromatic carbocycles. The number of pyridine rings is 1. The molecule has 36 heavy (non-hydrogen) atoms. The number of sulfonamides is 1. The Hall–Kier alpha value is -2.73. The Kier molecular flexibility index (Phi) is 7.16. The molecule has 12 heteroatoms. The third kappa shape index (κ3) is 5.34. The van der Waals surface area contributed by atoms with Crippen LogP contribution in [0.4, 0.5) is 5.82 Å². The number of rotatable bonds is 6. The topological polar surface area (TPSA) is 103 Å². The number of fused-ring (bicyclic) bond motifs is 1. The van der Waals surface area contributed by atoms with E-state index < -0.39 is 16.1 Å². The molecule has 0 aliphatic carbocycles. The molecule has 9 nitrogen and oxygen atoms in total. The zero-order valence-corrected chi connectivity index (χ0v) is 21.9. The normalized spacial score (nSPS) is 19.2. The number of anilines is 1. The lowest BCUT2D eigenvalue weighted by atomic mass is 10.1. The zero-order chi connectivity index (χ0) is 25.3. The quantitative estimate of drug-likeness (QED) is 0.509. The van der Waals surface area contributed by atoms with Crippen molar-refractivity contribution in [1.29, 1.82) is 0 Å².